The van der Waals surface area contributed by atoms with Crippen LogP contribution in [-0.4, -0.2) is 54.7 Å². The van der Waals surface area contributed by atoms with E-state index in [0.717, 1.165) is 0 Å². The van der Waals surface area contributed by atoms with Gasteiger partial charge in [-0.2, -0.15) is 0 Å². The molecule has 1 N–H and O–H groups in total. The Morgan fingerprint density at radius 1 is 1.60 bits per heavy atom. The molecule has 2 atom stereocenters. The molecule has 1 heterocycles. The number of carboxylic acid groups (broad SMARTS) is 1. The summed E-state index contributed by atoms with van der Waals surface area (Å²) in [6, 6.07) is 0. The van der Waals surface area contributed by atoms with Crippen molar-refractivity contribution < 1.29 is 23.4 Å². The third-order valence-corrected chi connectivity index (χ3v) is 2.35. The van der Waals surface area contributed by atoms with Crippen molar-refractivity contribution in [1.82, 2.24) is 4.90 Å². The van der Waals surface area contributed by atoms with E-state index in [-0.39, 0.29) is 12.6 Å². The van der Waals surface area contributed by atoms with Gasteiger partial charge >= 0.3 is 5.97 Å². The van der Waals surface area contributed by atoms with Crippen LogP contribution in [0.3, 0.4) is 0 Å². The van der Waals surface area contributed by atoms with Gasteiger partial charge in [-0.25, -0.2) is 13.6 Å². The molecule has 6 heteroatoms. The molecule has 1 rings (SSSR count). The fourth-order valence-electron chi connectivity index (χ4n) is 1.68. The monoisotopic (exact) mass is 223 g/mol. The number of carbonyl (C=O) groups is 1. The van der Waals surface area contributed by atoms with Crippen molar-refractivity contribution in [3.63, 3.8) is 0 Å². The van der Waals surface area contributed by atoms with Gasteiger partial charge in [0, 0.05) is 6.54 Å². The molecule has 0 radical (unpaired) electrons. The van der Waals surface area contributed by atoms with Crippen LogP contribution in [0, 0.1) is 0 Å². The molecular formula is C9H15F2NO3. The van der Waals surface area contributed by atoms with Gasteiger partial charge in [0.2, 0.25) is 0 Å². The van der Waals surface area contributed by atoms with Gasteiger partial charge in [0.15, 0.2) is 6.10 Å². The van der Waals surface area contributed by atoms with Crippen molar-refractivity contribution in [2.45, 2.75) is 31.5 Å². The summed E-state index contributed by atoms with van der Waals surface area (Å²) in [7, 11) is 1.57. The molecule has 0 aromatic carbocycles. The number of hydrogen-bond acceptors (Lipinski definition) is 3. The summed E-state index contributed by atoms with van der Waals surface area (Å²) in [5.41, 5.74) is 0. The Kier molecular flexibility index (Phi) is 4.41. The molecule has 1 aliphatic heterocycles. The quantitative estimate of drug-likeness (QED) is 0.749. The number of alkyl halides is 2. The Morgan fingerprint density at radius 3 is 2.73 bits per heavy atom. The molecule has 4 nitrogen and oxygen atoms in total. The van der Waals surface area contributed by atoms with E-state index < -0.39 is 18.5 Å². The van der Waals surface area contributed by atoms with E-state index >= 15 is 0 Å². The van der Waals surface area contributed by atoms with E-state index in [4.69, 9.17) is 9.84 Å². The smallest absolute Gasteiger partial charge is 0.332 e. The molecule has 0 bridgehead atoms. The predicted molar refractivity (Wildman–Crippen MR) is 49.0 cm³/mol. The maximum atomic E-state index is 12.0. The maximum absolute atomic E-state index is 12.0. The van der Waals surface area contributed by atoms with Crippen molar-refractivity contribution in [2.75, 3.05) is 20.1 Å². The molecule has 0 saturated carbocycles. The summed E-state index contributed by atoms with van der Waals surface area (Å²) in [6.07, 6.45) is -2.30. The summed E-state index contributed by atoms with van der Waals surface area (Å²) < 4.78 is 29.2. The number of ether oxygens (including phenoxy) is 1. The lowest BCUT2D eigenvalue weighted by Gasteiger charge is -2.20. The number of halogens is 2. The lowest BCUT2D eigenvalue weighted by atomic mass is 10.2. The molecule has 15 heavy (non-hydrogen) atoms. The van der Waals surface area contributed by atoms with E-state index in [1.165, 1.54) is 4.90 Å². The molecule has 0 aromatic heterocycles. The number of likely N-dealkylation sites (N-methyl/N-ethyl adjacent to an activating group) is 1. The van der Waals surface area contributed by atoms with Gasteiger partial charge in [0.25, 0.3) is 6.43 Å². The zero-order chi connectivity index (χ0) is 11.4. The van der Waals surface area contributed by atoms with E-state index in [1.54, 1.807) is 7.05 Å². The highest BCUT2D eigenvalue weighted by Gasteiger charge is 2.31. The Balaban J connectivity index is 2.26. The minimum Gasteiger partial charge on any atom is -0.479 e. The Labute approximate surface area is 86.8 Å². The Morgan fingerprint density at radius 2 is 2.27 bits per heavy atom. The maximum Gasteiger partial charge on any atom is 0.332 e. The zero-order valence-corrected chi connectivity index (χ0v) is 8.53. The third-order valence-electron chi connectivity index (χ3n) is 2.35. The highest BCUT2D eigenvalue weighted by Crippen LogP contribution is 2.20. The summed E-state index contributed by atoms with van der Waals surface area (Å²) >= 11 is 0. The van der Waals surface area contributed by atoms with Gasteiger partial charge in [0.05, 0.1) is 12.6 Å². The first-order valence-electron chi connectivity index (χ1n) is 4.84. The summed E-state index contributed by atoms with van der Waals surface area (Å²) in [6.45, 7) is 0.0473. The third kappa shape index (κ3) is 4.09. The summed E-state index contributed by atoms with van der Waals surface area (Å²) in [5.74, 6) is -0.978. The predicted octanol–water partition coefficient (Wildman–Crippen LogP) is 0.816. The van der Waals surface area contributed by atoms with Crippen LogP contribution in [0.4, 0.5) is 8.78 Å². The van der Waals surface area contributed by atoms with Gasteiger partial charge in [-0.1, -0.05) is 0 Å². The van der Waals surface area contributed by atoms with E-state index in [9.17, 15) is 13.6 Å². The first-order valence-corrected chi connectivity index (χ1v) is 4.84. The van der Waals surface area contributed by atoms with Gasteiger partial charge in [-0.15, -0.1) is 0 Å². The van der Waals surface area contributed by atoms with Crippen LogP contribution < -0.4 is 0 Å². The molecule has 0 aliphatic carbocycles. The van der Waals surface area contributed by atoms with Crippen LogP contribution >= 0.6 is 0 Å². The number of aliphatic carboxylic acids is 1. The number of nitrogens with zero attached hydrogens (tertiary/aromatic N) is 1. The second-order valence-electron chi connectivity index (χ2n) is 3.77. The molecular weight excluding hydrogens is 208 g/mol. The fraction of sp³-hybridized carbons (Fsp3) is 0.889. The van der Waals surface area contributed by atoms with E-state index in [0.29, 0.717) is 19.4 Å². The first-order chi connectivity index (χ1) is 6.99. The fourth-order valence-corrected chi connectivity index (χ4v) is 1.68. The molecule has 1 saturated heterocycles. The number of rotatable bonds is 5. The average molecular weight is 223 g/mol. The topological polar surface area (TPSA) is 49.8 Å². The second-order valence-corrected chi connectivity index (χ2v) is 3.77. The first kappa shape index (κ1) is 12.3. The number of hydrogen-bond donors (Lipinski definition) is 1. The standard InChI is InChI=1S/C9H15F2NO3/c1-12(5-8(10)11)4-6-2-3-7(15-6)9(13)14/h6-8H,2-5H2,1H3,(H,13,14). The second kappa shape index (κ2) is 5.37. The van der Waals surface area contributed by atoms with Crippen LogP contribution in [0.1, 0.15) is 12.8 Å². The highest BCUT2D eigenvalue weighted by molar-refractivity contribution is 5.72. The van der Waals surface area contributed by atoms with Crippen LogP contribution in [0.5, 0.6) is 0 Å². The van der Waals surface area contributed by atoms with Crippen LogP contribution in [0.25, 0.3) is 0 Å². The Bertz CT molecular complexity index is 225. The summed E-state index contributed by atoms with van der Waals surface area (Å²) in [4.78, 5) is 12.0. The highest BCUT2D eigenvalue weighted by atomic mass is 19.3. The van der Waals surface area contributed by atoms with E-state index in [2.05, 4.69) is 0 Å². The van der Waals surface area contributed by atoms with Crippen LogP contribution in [0.15, 0.2) is 0 Å². The lowest BCUT2D eigenvalue weighted by Crippen LogP contribution is -2.33. The minimum atomic E-state index is -2.37. The Hall–Kier alpha value is -0.750. The zero-order valence-electron chi connectivity index (χ0n) is 8.53. The molecule has 1 aliphatic rings. The van der Waals surface area contributed by atoms with Crippen LogP contribution in [0.2, 0.25) is 0 Å². The average Bonchev–Trinajstić information content (AvgIpc) is 2.50. The van der Waals surface area contributed by atoms with Gasteiger partial charge in [-0.3, -0.25) is 4.90 Å². The summed E-state index contributed by atoms with van der Waals surface area (Å²) in [5, 5.41) is 8.65. The molecule has 88 valence electrons. The molecule has 1 fully saturated rings. The molecule has 2 unspecified atom stereocenters. The molecule has 0 amide bonds. The largest absolute Gasteiger partial charge is 0.479 e. The molecule has 0 spiro atoms. The lowest BCUT2D eigenvalue weighted by molar-refractivity contribution is -0.149. The SMILES string of the molecule is CN(CC(F)F)CC1CCC(C(=O)O)O1. The van der Waals surface area contributed by atoms with Crippen molar-refractivity contribution in [1.29, 1.82) is 0 Å². The van der Waals surface area contributed by atoms with Gasteiger partial charge in [-0.05, 0) is 19.9 Å². The minimum absolute atomic E-state index is 0.241. The van der Waals surface area contributed by atoms with Crippen LogP contribution in [-0.2, 0) is 9.53 Å². The van der Waals surface area contributed by atoms with Crippen molar-refractivity contribution in [3.05, 3.63) is 0 Å². The van der Waals surface area contributed by atoms with E-state index in [1.807, 2.05) is 0 Å². The van der Waals surface area contributed by atoms with Gasteiger partial charge < -0.3 is 9.84 Å². The van der Waals surface area contributed by atoms with Crippen molar-refractivity contribution >= 4 is 5.97 Å². The van der Waals surface area contributed by atoms with Crippen molar-refractivity contribution in [2.24, 2.45) is 0 Å². The number of carboxylic acids is 1. The van der Waals surface area contributed by atoms with Gasteiger partial charge in [0.1, 0.15) is 0 Å². The van der Waals surface area contributed by atoms with Crippen molar-refractivity contribution in [3.8, 4) is 0 Å². The normalized spacial score (nSPS) is 26.5. The molecule has 0 aromatic rings.